The summed E-state index contributed by atoms with van der Waals surface area (Å²) in [6.07, 6.45) is 3.81. The molecule has 0 saturated carbocycles. The van der Waals surface area contributed by atoms with E-state index in [1.165, 1.54) is 11.3 Å². The Labute approximate surface area is 124 Å². The summed E-state index contributed by atoms with van der Waals surface area (Å²) in [6.45, 7) is 2.17. The minimum Gasteiger partial charge on any atom is -0.337 e. The number of pyridine rings is 1. The molecule has 1 atom stereocenters. The molecule has 0 spiro atoms. The Morgan fingerprint density at radius 2 is 2.00 bits per heavy atom. The number of anilines is 3. The molecule has 1 unspecified atom stereocenters. The molecule has 6 heteroatoms. The van der Waals surface area contributed by atoms with Crippen molar-refractivity contribution in [1.82, 2.24) is 4.98 Å². The van der Waals surface area contributed by atoms with Crippen LogP contribution in [0.25, 0.3) is 0 Å². The maximum Gasteiger partial charge on any atom is 0.230 e. The van der Waals surface area contributed by atoms with Crippen LogP contribution >= 0.6 is 0 Å². The van der Waals surface area contributed by atoms with Crippen LogP contribution in [-0.4, -0.2) is 25.7 Å². The molecular weight excluding hydrogens is 286 g/mol. The third-order valence-corrected chi connectivity index (χ3v) is 4.10. The van der Waals surface area contributed by atoms with Gasteiger partial charge in [0.15, 0.2) is 0 Å². The lowest BCUT2D eigenvalue weighted by atomic mass is 10.1. The van der Waals surface area contributed by atoms with E-state index in [4.69, 9.17) is 0 Å². The van der Waals surface area contributed by atoms with Crippen molar-refractivity contribution in [3.63, 3.8) is 0 Å². The summed E-state index contributed by atoms with van der Waals surface area (Å²) in [5.41, 5.74) is 3.48. The zero-order valence-corrected chi connectivity index (χ0v) is 12.8. The van der Waals surface area contributed by atoms with Gasteiger partial charge in [0.1, 0.15) is 5.82 Å². The quantitative estimate of drug-likeness (QED) is 0.946. The highest BCUT2D eigenvalue weighted by atomic mass is 32.2. The largest absolute Gasteiger partial charge is 0.337 e. The summed E-state index contributed by atoms with van der Waals surface area (Å²) in [7, 11) is -3.29. The molecule has 21 heavy (non-hydrogen) atoms. The van der Waals surface area contributed by atoms with E-state index in [-0.39, 0.29) is 0 Å². The van der Waals surface area contributed by atoms with E-state index in [9.17, 15) is 8.42 Å². The fourth-order valence-electron chi connectivity index (χ4n) is 2.74. The molecule has 1 aliphatic rings. The lowest BCUT2D eigenvalue weighted by Crippen LogP contribution is -2.24. The van der Waals surface area contributed by atoms with Crippen LogP contribution in [0.4, 0.5) is 17.2 Å². The van der Waals surface area contributed by atoms with E-state index < -0.39 is 10.0 Å². The number of fused-ring (bicyclic) bond motifs is 1. The molecule has 2 aromatic rings. The van der Waals surface area contributed by atoms with Gasteiger partial charge in [0, 0.05) is 11.7 Å². The molecule has 0 radical (unpaired) electrons. The van der Waals surface area contributed by atoms with E-state index in [1.54, 1.807) is 12.3 Å². The molecule has 0 amide bonds. The van der Waals surface area contributed by atoms with Crippen molar-refractivity contribution in [2.24, 2.45) is 0 Å². The van der Waals surface area contributed by atoms with E-state index >= 15 is 0 Å². The van der Waals surface area contributed by atoms with Crippen LogP contribution in [0.15, 0.2) is 42.6 Å². The van der Waals surface area contributed by atoms with Gasteiger partial charge in [-0.1, -0.05) is 18.2 Å². The Hall–Kier alpha value is -2.08. The highest BCUT2D eigenvalue weighted by Gasteiger charge is 2.26. The van der Waals surface area contributed by atoms with E-state index in [0.717, 1.165) is 18.4 Å². The van der Waals surface area contributed by atoms with Crippen molar-refractivity contribution in [2.75, 3.05) is 15.9 Å². The SMILES string of the molecule is CC1Cc2ccccc2N1c1ccc(NS(C)(=O)=O)nc1. The van der Waals surface area contributed by atoms with Gasteiger partial charge in [-0.05, 0) is 37.1 Å². The molecule has 1 N–H and O–H groups in total. The van der Waals surface area contributed by atoms with Gasteiger partial charge in [0.25, 0.3) is 0 Å². The molecule has 110 valence electrons. The first-order chi connectivity index (χ1) is 9.94. The number of benzene rings is 1. The van der Waals surface area contributed by atoms with Crippen LogP contribution in [0.1, 0.15) is 12.5 Å². The molecule has 0 aliphatic carbocycles. The molecule has 0 fully saturated rings. The van der Waals surface area contributed by atoms with Crippen molar-refractivity contribution >= 4 is 27.2 Å². The first-order valence-corrected chi connectivity index (χ1v) is 8.64. The van der Waals surface area contributed by atoms with Crippen LogP contribution < -0.4 is 9.62 Å². The van der Waals surface area contributed by atoms with Gasteiger partial charge in [0.05, 0.1) is 18.1 Å². The van der Waals surface area contributed by atoms with Gasteiger partial charge in [0.2, 0.25) is 10.0 Å². The monoisotopic (exact) mass is 303 g/mol. The van der Waals surface area contributed by atoms with Crippen molar-refractivity contribution in [3.05, 3.63) is 48.2 Å². The molecular formula is C15H17N3O2S. The molecule has 3 rings (SSSR count). The van der Waals surface area contributed by atoms with Gasteiger partial charge < -0.3 is 4.90 Å². The van der Waals surface area contributed by atoms with Crippen LogP contribution in [-0.2, 0) is 16.4 Å². The Morgan fingerprint density at radius 3 is 2.67 bits per heavy atom. The highest BCUT2D eigenvalue weighted by molar-refractivity contribution is 7.92. The fraction of sp³-hybridized carbons (Fsp3) is 0.267. The molecule has 0 saturated heterocycles. The zero-order valence-electron chi connectivity index (χ0n) is 11.9. The van der Waals surface area contributed by atoms with E-state index in [1.807, 2.05) is 18.2 Å². The summed E-state index contributed by atoms with van der Waals surface area (Å²) >= 11 is 0. The number of para-hydroxylation sites is 1. The number of nitrogens with zero attached hydrogens (tertiary/aromatic N) is 2. The third-order valence-electron chi connectivity index (χ3n) is 3.52. The van der Waals surface area contributed by atoms with Crippen LogP contribution in [0.5, 0.6) is 0 Å². The standard InChI is InChI=1S/C15H17N3O2S/c1-11-9-12-5-3-4-6-14(12)18(11)13-7-8-15(16-10-13)17-21(2,19)20/h3-8,10-11H,9H2,1-2H3,(H,16,17). The minimum absolute atomic E-state index is 0.335. The maximum atomic E-state index is 11.2. The van der Waals surface area contributed by atoms with Crippen LogP contribution in [0, 0.1) is 0 Å². The van der Waals surface area contributed by atoms with Crippen LogP contribution in [0.2, 0.25) is 0 Å². The van der Waals surface area contributed by atoms with Gasteiger partial charge in [-0.2, -0.15) is 0 Å². The highest BCUT2D eigenvalue weighted by Crippen LogP contribution is 2.37. The maximum absolute atomic E-state index is 11.2. The van der Waals surface area contributed by atoms with Gasteiger partial charge in [-0.3, -0.25) is 4.72 Å². The second-order valence-electron chi connectivity index (χ2n) is 5.33. The predicted octanol–water partition coefficient (Wildman–Crippen LogP) is 2.54. The average molecular weight is 303 g/mol. The summed E-state index contributed by atoms with van der Waals surface area (Å²) in [6, 6.07) is 12.2. The van der Waals surface area contributed by atoms with Crippen molar-refractivity contribution in [1.29, 1.82) is 0 Å². The predicted molar refractivity (Wildman–Crippen MR) is 84.5 cm³/mol. The number of hydrogen-bond donors (Lipinski definition) is 1. The Kier molecular flexibility index (Phi) is 3.33. The van der Waals surface area contributed by atoms with E-state index in [0.29, 0.717) is 11.9 Å². The molecule has 1 aromatic heterocycles. The Bertz CT molecular complexity index is 757. The molecule has 1 aliphatic heterocycles. The molecule has 5 nitrogen and oxygen atoms in total. The first-order valence-electron chi connectivity index (χ1n) is 6.75. The summed E-state index contributed by atoms with van der Waals surface area (Å²) < 4.78 is 24.8. The number of nitrogens with one attached hydrogen (secondary N) is 1. The van der Waals surface area contributed by atoms with Gasteiger partial charge >= 0.3 is 0 Å². The third kappa shape index (κ3) is 2.85. The smallest absolute Gasteiger partial charge is 0.230 e. The van der Waals surface area contributed by atoms with Crippen molar-refractivity contribution in [2.45, 2.75) is 19.4 Å². The second-order valence-corrected chi connectivity index (χ2v) is 7.08. The fourth-order valence-corrected chi connectivity index (χ4v) is 3.24. The van der Waals surface area contributed by atoms with Gasteiger partial charge in [-0.15, -0.1) is 0 Å². The lowest BCUT2D eigenvalue weighted by molar-refractivity contribution is 0.606. The average Bonchev–Trinajstić information content (AvgIpc) is 2.74. The van der Waals surface area contributed by atoms with E-state index in [2.05, 4.69) is 33.7 Å². The summed E-state index contributed by atoms with van der Waals surface area (Å²) in [5, 5.41) is 0. The number of sulfonamides is 1. The summed E-state index contributed by atoms with van der Waals surface area (Å²) in [4.78, 5) is 6.41. The van der Waals surface area contributed by atoms with Crippen LogP contribution in [0.3, 0.4) is 0 Å². The Morgan fingerprint density at radius 1 is 1.24 bits per heavy atom. The second kappa shape index (κ2) is 5.04. The molecule has 2 heterocycles. The first kappa shape index (κ1) is 13.9. The summed E-state index contributed by atoms with van der Waals surface area (Å²) in [5.74, 6) is 0.335. The molecule has 1 aromatic carbocycles. The minimum atomic E-state index is -3.29. The number of rotatable bonds is 3. The van der Waals surface area contributed by atoms with Crippen molar-refractivity contribution in [3.8, 4) is 0 Å². The zero-order chi connectivity index (χ0) is 15.0. The number of aromatic nitrogens is 1. The number of hydrogen-bond acceptors (Lipinski definition) is 4. The molecule has 0 bridgehead atoms. The van der Waals surface area contributed by atoms with Crippen molar-refractivity contribution < 1.29 is 8.42 Å². The Balaban J connectivity index is 1.91. The lowest BCUT2D eigenvalue weighted by Gasteiger charge is -2.24. The normalized spacial score (nSPS) is 17.6. The topological polar surface area (TPSA) is 62.3 Å². The van der Waals surface area contributed by atoms with Gasteiger partial charge in [-0.25, -0.2) is 13.4 Å².